The van der Waals surface area contributed by atoms with Crippen molar-refractivity contribution in [1.29, 1.82) is 0 Å². The Morgan fingerprint density at radius 1 is 0.429 bits per heavy atom. The predicted octanol–water partition coefficient (Wildman–Crippen LogP) is 12.7. The van der Waals surface area contributed by atoms with Crippen LogP contribution >= 0.6 is 0 Å². The first-order valence-corrected chi connectivity index (χ1v) is 17.0. The van der Waals surface area contributed by atoms with E-state index in [-0.39, 0.29) is 5.41 Å². The van der Waals surface area contributed by atoms with Crippen LogP contribution in [0.4, 0.5) is 17.1 Å². The maximum atomic E-state index is 2.48. The first-order chi connectivity index (χ1) is 24.1. The summed E-state index contributed by atoms with van der Waals surface area (Å²) in [5.41, 5.74) is 16.0. The van der Waals surface area contributed by atoms with Crippen LogP contribution in [0.3, 0.4) is 0 Å². The fourth-order valence-corrected chi connectivity index (χ4v) is 7.91. The van der Waals surface area contributed by atoms with Crippen molar-refractivity contribution in [2.45, 2.75) is 19.3 Å². The van der Waals surface area contributed by atoms with Gasteiger partial charge in [0.1, 0.15) is 0 Å². The highest BCUT2D eigenvalue weighted by atomic mass is 15.1. The lowest BCUT2D eigenvalue weighted by atomic mass is 9.80. The summed E-state index contributed by atoms with van der Waals surface area (Å²) in [6.07, 6.45) is 0. The fraction of sp³-hybridized carbons (Fsp3) is 0.0638. The minimum atomic E-state index is -0.143. The van der Waals surface area contributed by atoms with Crippen LogP contribution in [0.15, 0.2) is 182 Å². The van der Waals surface area contributed by atoms with Crippen molar-refractivity contribution in [1.82, 2.24) is 4.57 Å². The Hall–Kier alpha value is -6.12. The molecule has 0 atom stereocenters. The van der Waals surface area contributed by atoms with Gasteiger partial charge in [0, 0.05) is 39.1 Å². The normalized spacial score (nSPS) is 12.9. The molecule has 0 saturated heterocycles. The third-order valence-electron chi connectivity index (χ3n) is 10.2. The molecule has 234 valence electrons. The minimum absolute atomic E-state index is 0.143. The van der Waals surface area contributed by atoms with E-state index < -0.39 is 0 Å². The molecule has 0 radical (unpaired) electrons. The van der Waals surface area contributed by atoms with Crippen LogP contribution in [-0.2, 0) is 5.41 Å². The maximum Gasteiger partial charge on any atom is 0.0585 e. The quantitative estimate of drug-likeness (QED) is 0.178. The van der Waals surface area contributed by atoms with Gasteiger partial charge < -0.3 is 9.47 Å². The third-order valence-corrected chi connectivity index (χ3v) is 10.2. The van der Waals surface area contributed by atoms with Crippen molar-refractivity contribution in [3.05, 3.63) is 193 Å². The number of para-hydroxylation sites is 2. The zero-order valence-electron chi connectivity index (χ0n) is 27.7. The van der Waals surface area contributed by atoms with E-state index >= 15 is 0 Å². The Morgan fingerprint density at radius 3 is 1.61 bits per heavy atom. The molecule has 1 aliphatic carbocycles. The number of nitrogens with zero attached hydrogens (tertiary/aromatic N) is 2. The average molecular weight is 629 g/mol. The van der Waals surface area contributed by atoms with E-state index in [2.05, 4.69) is 205 Å². The molecule has 7 aromatic carbocycles. The molecule has 2 heteroatoms. The molecule has 9 rings (SSSR count). The number of anilines is 3. The molecule has 2 nitrogen and oxygen atoms in total. The number of hydrogen-bond donors (Lipinski definition) is 0. The van der Waals surface area contributed by atoms with E-state index in [0.717, 1.165) is 17.1 Å². The largest absolute Gasteiger partial charge is 0.311 e. The van der Waals surface area contributed by atoms with E-state index in [1.807, 2.05) is 0 Å². The molecule has 8 aromatic rings. The van der Waals surface area contributed by atoms with Crippen LogP contribution in [0, 0.1) is 0 Å². The van der Waals surface area contributed by atoms with E-state index in [1.165, 1.54) is 61.2 Å². The fourth-order valence-electron chi connectivity index (χ4n) is 7.91. The topological polar surface area (TPSA) is 8.17 Å². The van der Waals surface area contributed by atoms with Crippen molar-refractivity contribution in [2.24, 2.45) is 0 Å². The van der Waals surface area contributed by atoms with Gasteiger partial charge in [0.25, 0.3) is 0 Å². The van der Waals surface area contributed by atoms with Gasteiger partial charge >= 0.3 is 0 Å². The molecule has 49 heavy (non-hydrogen) atoms. The van der Waals surface area contributed by atoms with Crippen molar-refractivity contribution >= 4 is 28.0 Å². The Labute approximate surface area is 288 Å². The molecular weight excluding hydrogens is 593 g/mol. The van der Waals surface area contributed by atoms with Gasteiger partial charge in [0.05, 0.1) is 11.2 Å². The Balaban J connectivity index is 1.19. The maximum absolute atomic E-state index is 2.48. The smallest absolute Gasteiger partial charge is 0.0585 e. The number of fused-ring (bicyclic) bond motifs is 5. The second kappa shape index (κ2) is 11.5. The monoisotopic (exact) mass is 628 g/mol. The summed E-state index contributed by atoms with van der Waals surface area (Å²) >= 11 is 0. The standard InChI is InChI=1S/C47H36N2/c1-47(2)42-23-13-12-21-41(42)46-45(47)44-40(22-14-24-43(44)49(46)37-19-10-5-11-20-37)35-27-31-39(32-28-35)48(36-17-8-4-9-18-36)38-29-25-34(26-30-38)33-15-6-3-7-16-33/h3-32H,1-2H3. The van der Waals surface area contributed by atoms with Crippen LogP contribution in [0.25, 0.3) is 50.1 Å². The first-order valence-electron chi connectivity index (χ1n) is 17.0. The van der Waals surface area contributed by atoms with Crippen LogP contribution in [0.1, 0.15) is 25.0 Å². The van der Waals surface area contributed by atoms with E-state index in [4.69, 9.17) is 0 Å². The summed E-state index contributed by atoms with van der Waals surface area (Å²) < 4.78 is 2.48. The lowest BCUT2D eigenvalue weighted by Crippen LogP contribution is -2.15. The molecule has 0 aliphatic heterocycles. The molecule has 0 bridgehead atoms. The minimum Gasteiger partial charge on any atom is -0.311 e. The van der Waals surface area contributed by atoms with Gasteiger partial charge in [0.2, 0.25) is 0 Å². The van der Waals surface area contributed by atoms with Gasteiger partial charge in [-0.15, -0.1) is 0 Å². The molecule has 1 aliphatic rings. The summed E-state index contributed by atoms with van der Waals surface area (Å²) in [5.74, 6) is 0. The summed E-state index contributed by atoms with van der Waals surface area (Å²) in [5, 5.41) is 1.33. The highest BCUT2D eigenvalue weighted by molar-refractivity contribution is 6.07. The van der Waals surface area contributed by atoms with E-state index in [9.17, 15) is 0 Å². The number of rotatable bonds is 6. The molecule has 0 unspecified atom stereocenters. The summed E-state index contributed by atoms with van der Waals surface area (Å²) in [4.78, 5) is 2.34. The molecule has 1 heterocycles. The van der Waals surface area contributed by atoms with Crippen molar-refractivity contribution in [2.75, 3.05) is 4.90 Å². The zero-order chi connectivity index (χ0) is 33.0. The summed E-state index contributed by atoms with van der Waals surface area (Å²) in [6, 6.07) is 65.7. The number of benzene rings is 7. The average Bonchev–Trinajstić information content (AvgIpc) is 3.64. The molecule has 0 saturated carbocycles. The lowest BCUT2D eigenvalue weighted by Gasteiger charge is -2.26. The van der Waals surface area contributed by atoms with Gasteiger partial charge in [-0.2, -0.15) is 0 Å². The number of aromatic nitrogens is 1. The van der Waals surface area contributed by atoms with Crippen molar-refractivity contribution in [3.8, 4) is 39.2 Å². The first kappa shape index (κ1) is 29.1. The van der Waals surface area contributed by atoms with Gasteiger partial charge in [0.15, 0.2) is 0 Å². The summed E-state index contributed by atoms with van der Waals surface area (Å²) in [6.45, 7) is 4.76. The van der Waals surface area contributed by atoms with Crippen LogP contribution < -0.4 is 4.90 Å². The Bertz CT molecular complexity index is 2420. The van der Waals surface area contributed by atoms with Gasteiger partial charge in [-0.05, 0) is 88.0 Å². The molecule has 1 aromatic heterocycles. The van der Waals surface area contributed by atoms with Gasteiger partial charge in [-0.1, -0.05) is 141 Å². The highest BCUT2D eigenvalue weighted by Crippen LogP contribution is 2.55. The predicted molar refractivity (Wildman–Crippen MR) is 206 cm³/mol. The second-order valence-electron chi connectivity index (χ2n) is 13.4. The highest BCUT2D eigenvalue weighted by Gasteiger charge is 2.41. The zero-order valence-corrected chi connectivity index (χ0v) is 27.7. The molecular formula is C47H36N2. The molecule has 0 amide bonds. The summed E-state index contributed by atoms with van der Waals surface area (Å²) in [7, 11) is 0. The van der Waals surface area contributed by atoms with E-state index in [1.54, 1.807) is 0 Å². The van der Waals surface area contributed by atoms with Crippen LogP contribution in [-0.4, -0.2) is 4.57 Å². The second-order valence-corrected chi connectivity index (χ2v) is 13.4. The SMILES string of the molecule is CC1(C)c2ccccc2-c2c1c1c(-c3ccc(N(c4ccccc4)c4ccc(-c5ccccc5)cc4)cc3)cccc1n2-c1ccccc1. The van der Waals surface area contributed by atoms with Crippen LogP contribution in [0.2, 0.25) is 0 Å². The lowest BCUT2D eigenvalue weighted by molar-refractivity contribution is 0.666. The van der Waals surface area contributed by atoms with Crippen LogP contribution in [0.5, 0.6) is 0 Å². The molecule has 0 fully saturated rings. The molecule has 0 spiro atoms. The third kappa shape index (κ3) is 4.71. The number of hydrogen-bond acceptors (Lipinski definition) is 1. The van der Waals surface area contributed by atoms with Gasteiger partial charge in [-0.25, -0.2) is 0 Å². The Morgan fingerprint density at radius 2 is 0.939 bits per heavy atom. The Kier molecular flexibility index (Phi) is 6.84. The van der Waals surface area contributed by atoms with E-state index in [0.29, 0.717) is 0 Å². The molecule has 0 N–H and O–H groups in total. The van der Waals surface area contributed by atoms with Gasteiger partial charge in [-0.3, -0.25) is 0 Å². The van der Waals surface area contributed by atoms with Crippen molar-refractivity contribution < 1.29 is 0 Å². The van der Waals surface area contributed by atoms with Crippen molar-refractivity contribution in [3.63, 3.8) is 0 Å².